The van der Waals surface area contributed by atoms with Crippen molar-refractivity contribution >= 4 is 11.0 Å². The summed E-state index contributed by atoms with van der Waals surface area (Å²) in [6.45, 7) is 1.92. The predicted molar refractivity (Wildman–Crippen MR) is 86.2 cm³/mol. The average Bonchev–Trinajstić information content (AvgIpc) is 3.19. The van der Waals surface area contributed by atoms with Crippen LogP contribution in [0.3, 0.4) is 0 Å². The van der Waals surface area contributed by atoms with Crippen LogP contribution in [0.15, 0.2) is 60.8 Å². The Labute approximate surface area is 132 Å². The lowest BCUT2D eigenvalue weighted by Crippen LogP contribution is -2.13. The summed E-state index contributed by atoms with van der Waals surface area (Å²) >= 11 is 0. The highest BCUT2D eigenvalue weighted by Crippen LogP contribution is 2.22. The number of aromatic nitrogens is 5. The molecule has 2 aromatic heterocycles. The van der Waals surface area contributed by atoms with Crippen molar-refractivity contribution in [1.82, 2.24) is 24.8 Å². The van der Waals surface area contributed by atoms with Crippen LogP contribution in [0, 0.1) is 6.92 Å². The van der Waals surface area contributed by atoms with Crippen LogP contribution in [0.4, 0.5) is 0 Å². The van der Waals surface area contributed by atoms with Crippen molar-refractivity contribution in [3.8, 4) is 5.69 Å². The summed E-state index contributed by atoms with van der Waals surface area (Å²) in [5.41, 5.74) is 3.91. The Bertz CT molecular complexity index is 957. The second-order valence-corrected chi connectivity index (χ2v) is 5.37. The molecule has 0 aliphatic carbocycles. The molecule has 0 unspecified atom stereocenters. The third-order valence-corrected chi connectivity index (χ3v) is 3.81. The largest absolute Gasteiger partial charge is 0.366 e. The van der Waals surface area contributed by atoms with Crippen molar-refractivity contribution in [3.63, 3.8) is 0 Å². The number of benzene rings is 2. The van der Waals surface area contributed by atoms with E-state index in [0.717, 1.165) is 22.3 Å². The first kappa shape index (κ1) is 13.7. The van der Waals surface area contributed by atoms with Crippen molar-refractivity contribution in [1.29, 1.82) is 0 Å². The van der Waals surface area contributed by atoms with Crippen LogP contribution in [0.1, 0.15) is 17.5 Å². The number of rotatable bonds is 3. The number of hydrogen-bond donors (Lipinski definition) is 1. The molecule has 1 atom stereocenters. The van der Waals surface area contributed by atoms with E-state index in [0.29, 0.717) is 5.69 Å². The van der Waals surface area contributed by atoms with Gasteiger partial charge in [0.1, 0.15) is 11.2 Å². The van der Waals surface area contributed by atoms with Crippen LogP contribution in [0.5, 0.6) is 0 Å². The van der Waals surface area contributed by atoms with Crippen LogP contribution in [-0.2, 0) is 0 Å². The van der Waals surface area contributed by atoms with Gasteiger partial charge in [-0.15, -0.1) is 5.10 Å². The number of fused-ring (bicyclic) bond motifs is 1. The highest BCUT2D eigenvalue weighted by atomic mass is 16.3. The summed E-state index contributed by atoms with van der Waals surface area (Å²) in [6.07, 6.45) is 0.917. The fraction of sp³-hybridized carbons (Fsp3) is 0.118. The summed E-state index contributed by atoms with van der Waals surface area (Å²) in [7, 11) is 0. The van der Waals surface area contributed by atoms with E-state index in [-0.39, 0.29) is 0 Å². The SMILES string of the molecule is Cc1cn(-c2ccccc2)nc1[C@H](O)n1nnc2ccccc21. The number of hydrogen-bond acceptors (Lipinski definition) is 4. The zero-order valence-corrected chi connectivity index (χ0v) is 12.5. The maximum absolute atomic E-state index is 10.7. The standard InChI is InChI=1S/C17H15N5O/c1-12-11-21(13-7-3-2-4-8-13)19-16(12)17(23)22-15-10-6-5-9-14(15)18-20-22/h2-11,17,23H,1H3/t17-/m0/s1. The van der Waals surface area contributed by atoms with Crippen LogP contribution in [0.2, 0.25) is 0 Å². The molecule has 0 saturated carbocycles. The molecule has 0 fully saturated rings. The molecule has 0 aliphatic heterocycles. The van der Waals surface area contributed by atoms with Crippen LogP contribution in [0.25, 0.3) is 16.7 Å². The molecular weight excluding hydrogens is 290 g/mol. The molecule has 0 radical (unpaired) electrons. The lowest BCUT2D eigenvalue weighted by atomic mass is 10.2. The molecule has 0 amide bonds. The lowest BCUT2D eigenvalue weighted by Gasteiger charge is -2.09. The number of aliphatic hydroxyl groups excluding tert-OH is 1. The Morgan fingerprint density at radius 2 is 1.74 bits per heavy atom. The molecule has 4 aromatic rings. The summed E-state index contributed by atoms with van der Waals surface area (Å²) in [4.78, 5) is 0. The van der Waals surface area contributed by atoms with Crippen LogP contribution >= 0.6 is 0 Å². The van der Waals surface area contributed by atoms with Crippen LogP contribution < -0.4 is 0 Å². The van der Waals surface area contributed by atoms with E-state index in [1.807, 2.05) is 67.7 Å². The fourth-order valence-corrected chi connectivity index (χ4v) is 2.63. The van der Waals surface area contributed by atoms with Crippen LogP contribution in [-0.4, -0.2) is 29.9 Å². The Hall–Kier alpha value is -2.99. The zero-order chi connectivity index (χ0) is 15.8. The first-order valence-electron chi connectivity index (χ1n) is 7.33. The second kappa shape index (κ2) is 5.33. The van der Waals surface area contributed by atoms with Gasteiger partial charge in [-0.25, -0.2) is 9.36 Å². The van der Waals surface area contributed by atoms with Gasteiger partial charge in [-0.2, -0.15) is 5.10 Å². The highest BCUT2D eigenvalue weighted by Gasteiger charge is 2.20. The quantitative estimate of drug-likeness (QED) is 0.631. The molecule has 4 rings (SSSR count). The summed E-state index contributed by atoms with van der Waals surface area (Å²) in [5, 5.41) is 23.4. The maximum Gasteiger partial charge on any atom is 0.194 e. The van der Waals surface area contributed by atoms with Crippen molar-refractivity contribution in [2.75, 3.05) is 0 Å². The Balaban J connectivity index is 1.77. The topological polar surface area (TPSA) is 68.8 Å². The van der Waals surface area contributed by atoms with Crippen molar-refractivity contribution < 1.29 is 5.11 Å². The smallest absolute Gasteiger partial charge is 0.194 e. The number of nitrogens with zero attached hydrogens (tertiary/aromatic N) is 5. The highest BCUT2D eigenvalue weighted by molar-refractivity contribution is 5.74. The van der Waals surface area contributed by atoms with Crippen molar-refractivity contribution in [3.05, 3.63) is 72.1 Å². The molecular formula is C17H15N5O. The Morgan fingerprint density at radius 3 is 2.57 bits per heavy atom. The van der Waals surface area contributed by atoms with E-state index in [4.69, 9.17) is 0 Å². The number of aryl methyl sites for hydroxylation is 1. The second-order valence-electron chi connectivity index (χ2n) is 5.37. The van der Waals surface area contributed by atoms with E-state index in [2.05, 4.69) is 15.4 Å². The van der Waals surface area contributed by atoms with Crippen molar-refractivity contribution in [2.24, 2.45) is 0 Å². The van der Waals surface area contributed by atoms with Gasteiger partial charge in [-0.05, 0) is 36.8 Å². The Morgan fingerprint density at radius 1 is 1.00 bits per heavy atom. The van der Waals surface area contributed by atoms with E-state index < -0.39 is 6.23 Å². The first-order valence-corrected chi connectivity index (χ1v) is 7.33. The van der Waals surface area contributed by atoms with Gasteiger partial charge in [-0.1, -0.05) is 35.5 Å². The molecule has 114 valence electrons. The minimum absolute atomic E-state index is 0.560. The minimum Gasteiger partial charge on any atom is -0.366 e. The molecule has 6 heteroatoms. The van der Waals surface area contributed by atoms with Gasteiger partial charge in [0.05, 0.1) is 11.2 Å². The Kier molecular flexibility index (Phi) is 3.17. The summed E-state index contributed by atoms with van der Waals surface area (Å²) in [6, 6.07) is 17.3. The summed E-state index contributed by atoms with van der Waals surface area (Å²) < 4.78 is 3.24. The van der Waals surface area contributed by atoms with E-state index >= 15 is 0 Å². The lowest BCUT2D eigenvalue weighted by molar-refractivity contribution is 0.129. The molecule has 0 spiro atoms. The molecule has 2 aromatic carbocycles. The van der Waals surface area contributed by atoms with E-state index in [1.165, 1.54) is 4.68 Å². The molecule has 23 heavy (non-hydrogen) atoms. The molecule has 0 saturated heterocycles. The minimum atomic E-state index is -0.979. The molecule has 6 nitrogen and oxygen atoms in total. The summed E-state index contributed by atoms with van der Waals surface area (Å²) in [5.74, 6) is 0. The van der Waals surface area contributed by atoms with Gasteiger partial charge in [-0.3, -0.25) is 0 Å². The van der Waals surface area contributed by atoms with E-state index in [1.54, 1.807) is 4.68 Å². The number of para-hydroxylation sites is 2. The van der Waals surface area contributed by atoms with E-state index in [9.17, 15) is 5.11 Å². The molecule has 0 aliphatic rings. The van der Waals surface area contributed by atoms with Gasteiger partial charge in [0.25, 0.3) is 0 Å². The monoisotopic (exact) mass is 305 g/mol. The zero-order valence-electron chi connectivity index (χ0n) is 12.5. The van der Waals surface area contributed by atoms with Gasteiger partial charge >= 0.3 is 0 Å². The van der Waals surface area contributed by atoms with Gasteiger partial charge in [0, 0.05) is 6.20 Å². The molecule has 0 bridgehead atoms. The third kappa shape index (κ3) is 2.29. The maximum atomic E-state index is 10.7. The van der Waals surface area contributed by atoms with Gasteiger partial charge < -0.3 is 5.11 Å². The van der Waals surface area contributed by atoms with Gasteiger partial charge in [0.2, 0.25) is 0 Å². The van der Waals surface area contributed by atoms with Gasteiger partial charge in [0.15, 0.2) is 6.23 Å². The first-order chi connectivity index (χ1) is 11.2. The molecule has 2 heterocycles. The van der Waals surface area contributed by atoms with Crippen molar-refractivity contribution in [2.45, 2.75) is 13.2 Å². The molecule has 1 N–H and O–H groups in total. The third-order valence-electron chi connectivity index (χ3n) is 3.81. The number of aliphatic hydroxyl groups is 1. The predicted octanol–water partition coefficient (Wildman–Crippen LogP) is 2.46. The fourth-order valence-electron chi connectivity index (χ4n) is 2.63. The normalized spacial score (nSPS) is 12.6. The average molecular weight is 305 g/mol.